The molecular weight excluding hydrogens is 470 g/mol. The number of carbonyl (C=O) groups is 3. The van der Waals surface area contributed by atoms with Crippen molar-refractivity contribution in [3.05, 3.63) is 64.7 Å². The fourth-order valence-corrected chi connectivity index (χ4v) is 3.89. The molecule has 2 atom stereocenters. The van der Waals surface area contributed by atoms with Gasteiger partial charge in [-0.1, -0.05) is 49.6 Å². The summed E-state index contributed by atoms with van der Waals surface area (Å²) in [6, 6.07) is 12.4. The zero-order chi connectivity index (χ0) is 25.4. The summed E-state index contributed by atoms with van der Waals surface area (Å²) in [7, 11) is 0. The number of unbranched alkanes of at least 4 members (excludes halogenated alkanes) is 2. The largest absolute Gasteiger partial charge is 0.464 e. The van der Waals surface area contributed by atoms with Gasteiger partial charge in [0.15, 0.2) is 6.10 Å². The van der Waals surface area contributed by atoms with Gasteiger partial charge in [-0.3, -0.25) is 9.59 Å². The Hall–Kier alpha value is -3.23. The van der Waals surface area contributed by atoms with Gasteiger partial charge >= 0.3 is 5.97 Å². The number of amides is 2. The van der Waals surface area contributed by atoms with Crippen LogP contribution in [0.25, 0.3) is 0 Å². The van der Waals surface area contributed by atoms with Crippen molar-refractivity contribution in [1.82, 2.24) is 5.32 Å². The molecule has 3 rings (SSSR count). The van der Waals surface area contributed by atoms with Gasteiger partial charge in [-0.25, -0.2) is 9.80 Å². The van der Waals surface area contributed by atoms with Crippen molar-refractivity contribution in [2.45, 2.75) is 58.1 Å². The number of ether oxygens (including phenoxy) is 1. The fraction of sp³-hybridized carbons (Fsp3) is 0.385. The number of anilines is 1. The Morgan fingerprint density at radius 1 is 1.17 bits per heavy atom. The Kier molecular flexibility index (Phi) is 9.39. The molecule has 0 radical (unpaired) electrons. The van der Waals surface area contributed by atoms with E-state index in [2.05, 4.69) is 10.4 Å². The lowest BCUT2D eigenvalue weighted by Gasteiger charge is -2.24. The van der Waals surface area contributed by atoms with E-state index >= 15 is 0 Å². The van der Waals surface area contributed by atoms with Crippen LogP contribution < -0.4 is 10.3 Å². The number of hydrogen-bond acceptors (Lipinski definition) is 6. The molecule has 0 spiro atoms. The topological polar surface area (TPSA) is 108 Å². The van der Waals surface area contributed by atoms with Crippen LogP contribution in [0.4, 0.5) is 5.69 Å². The predicted molar refractivity (Wildman–Crippen MR) is 135 cm³/mol. The highest BCUT2D eigenvalue weighted by molar-refractivity contribution is 6.31. The van der Waals surface area contributed by atoms with Crippen LogP contribution >= 0.6 is 11.6 Å². The molecule has 35 heavy (non-hydrogen) atoms. The predicted octanol–water partition coefficient (Wildman–Crippen LogP) is 3.89. The maximum absolute atomic E-state index is 13.0. The highest BCUT2D eigenvalue weighted by Gasteiger charge is 2.30. The Morgan fingerprint density at radius 2 is 1.89 bits per heavy atom. The fourth-order valence-electron chi connectivity index (χ4n) is 3.68. The second kappa shape index (κ2) is 12.5. The molecule has 9 heteroatoms. The standard InChI is InChI=1S/C26H30ClN3O5/c1-3-4-7-14-35-26(34)24(32)22(16-19-8-5-6-9-21(19)27)28-25(33)18-10-12-20(13-11-18)30-23(31)15-17(2)29-30/h5-6,8-13,22,24,32H,3-4,7,14-16H2,1-2H3,(H,28,33)/t22-,24-/m1/s1. The number of hydrogen-bond donors (Lipinski definition) is 2. The van der Waals surface area contributed by atoms with Crippen molar-refractivity contribution in [1.29, 1.82) is 0 Å². The molecule has 186 valence electrons. The molecule has 0 fully saturated rings. The summed E-state index contributed by atoms with van der Waals surface area (Å²) in [6.07, 6.45) is 1.40. The van der Waals surface area contributed by atoms with Crippen LogP contribution in [0.3, 0.4) is 0 Å². The van der Waals surface area contributed by atoms with Gasteiger partial charge in [0.25, 0.3) is 11.8 Å². The van der Waals surface area contributed by atoms with Gasteiger partial charge in [-0.05, 0) is 55.7 Å². The van der Waals surface area contributed by atoms with Crippen LogP contribution in [0.1, 0.15) is 55.5 Å². The lowest BCUT2D eigenvalue weighted by Crippen LogP contribution is -2.49. The molecule has 2 aromatic rings. The monoisotopic (exact) mass is 499 g/mol. The molecule has 0 saturated carbocycles. The Morgan fingerprint density at radius 3 is 2.51 bits per heavy atom. The Balaban J connectivity index is 1.73. The molecule has 0 aromatic heterocycles. The molecular formula is C26H30ClN3O5. The van der Waals surface area contributed by atoms with Crippen LogP contribution in [0.5, 0.6) is 0 Å². The number of esters is 1. The number of nitrogens with zero attached hydrogens (tertiary/aromatic N) is 2. The lowest BCUT2D eigenvalue weighted by atomic mass is 10.0. The smallest absolute Gasteiger partial charge is 0.337 e. The number of benzene rings is 2. The SMILES string of the molecule is CCCCCOC(=O)[C@H](O)[C@@H](Cc1ccccc1Cl)NC(=O)c1ccc(N2N=C(C)CC2=O)cc1. The van der Waals surface area contributed by atoms with Crippen molar-refractivity contribution < 1.29 is 24.2 Å². The van der Waals surface area contributed by atoms with Gasteiger partial charge in [-0.15, -0.1) is 0 Å². The van der Waals surface area contributed by atoms with Gasteiger partial charge < -0.3 is 15.2 Å². The van der Waals surface area contributed by atoms with E-state index in [1.54, 1.807) is 55.5 Å². The van der Waals surface area contributed by atoms with E-state index in [1.807, 2.05) is 6.92 Å². The van der Waals surface area contributed by atoms with Crippen molar-refractivity contribution in [3.8, 4) is 0 Å². The van der Waals surface area contributed by atoms with E-state index in [1.165, 1.54) is 5.01 Å². The first kappa shape index (κ1) is 26.4. The number of hydrazone groups is 1. The maximum Gasteiger partial charge on any atom is 0.337 e. The number of rotatable bonds is 11. The Labute approximate surface area is 209 Å². The van der Waals surface area contributed by atoms with E-state index in [9.17, 15) is 19.5 Å². The van der Waals surface area contributed by atoms with Crippen LogP contribution in [-0.2, 0) is 20.7 Å². The van der Waals surface area contributed by atoms with Crippen LogP contribution in [0.15, 0.2) is 53.6 Å². The summed E-state index contributed by atoms with van der Waals surface area (Å²) >= 11 is 6.27. The summed E-state index contributed by atoms with van der Waals surface area (Å²) < 4.78 is 5.21. The van der Waals surface area contributed by atoms with E-state index in [4.69, 9.17) is 16.3 Å². The van der Waals surface area contributed by atoms with Crippen LogP contribution in [0, 0.1) is 0 Å². The first-order chi connectivity index (χ1) is 16.8. The molecule has 2 amide bonds. The number of carbonyl (C=O) groups excluding carboxylic acids is 3. The Bertz CT molecular complexity index is 1090. The summed E-state index contributed by atoms with van der Waals surface area (Å²) in [5.41, 5.74) is 2.24. The molecule has 1 heterocycles. The van der Waals surface area contributed by atoms with Gasteiger partial charge in [-0.2, -0.15) is 5.10 Å². The summed E-state index contributed by atoms with van der Waals surface area (Å²) in [5, 5.41) is 19.4. The van der Waals surface area contributed by atoms with Crippen molar-refractivity contribution in [2.24, 2.45) is 5.10 Å². The molecule has 0 bridgehead atoms. The number of nitrogens with one attached hydrogen (secondary N) is 1. The first-order valence-electron chi connectivity index (χ1n) is 11.7. The molecule has 0 unspecified atom stereocenters. The van der Waals surface area contributed by atoms with Gasteiger partial charge in [0, 0.05) is 16.3 Å². The highest BCUT2D eigenvalue weighted by Crippen LogP contribution is 2.22. The number of halogens is 1. The second-order valence-corrected chi connectivity index (χ2v) is 8.87. The van der Waals surface area contributed by atoms with Crippen molar-refractivity contribution in [2.75, 3.05) is 11.6 Å². The highest BCUT2D eigenvalue weighted by atomic mass is 35.5. The summed E-state index contributed by atoms with van der Waals surface area (Å²) in [5.74, 6) is -1.42. The minimum atomic E-state index is -1.57. The quantitative estimate of drug-likeness (QED) is 0.360. The number of aliphatic hydroxyl groups is 1. The van der Waals surface area contributed by atoms with Gasteiger partial charge in [0.2, 0.25) is 0 Å². The van der Waals surface area contributed by atoms with E-state index < -0.39 is 24.0 Å². The maximum atomic E-state index is 13.0. The molecule has 0 saturated heterocycles. The summed E-state index contributed by atoms with van der Waals surface area (Å²) in [6.45, 7) is 4.02. The minimum Gasteiger partial charge on any atom is -0.464 e. The van der Waals surface area contributed by atoms with E-state index in [-0.39, 0.29) is 25.4 Å². The number of aliphatic hydroxyl groups excluding tert-OH is 1. The second-order valence-electron chi connectivity index (χ2n) is 8.46. The molecule has 2 aromatic carbocycles. The normalized spacial score (nSPS) is 14.9. The van der Waals surface area contributed by atoms with Crippen molar-refractivity contribution in [3.63, 3.8) is 0 Å². The van der Waals surface area contributed by atoms with Crippen LogP contribution in [0.2, 0.25) is 5.02 Å². The van der Waals surface area contributed by atoms with Gasteiger partial charge in [0.1, 0.15) is 0 Å². The minimum absolute atomic E-state index is 0.130. The molecule has 2 N–H and O–H groups in total. The third-order valence-corrected chi connectivity index (χ3v) is 5.99. The molecule has 1 aliphatic heterocycles. The third-order valence-electron chi connectivity index (χ3n) is 5.62. The lowest BCUT2D eigenvalue weighted by molar-refractivity contribution is -0.155. The van der Waals surface area contributed by atoms with Gasteiger partial charge in [0.05, 0.1) is 24.8 Å². The van der Waals surface area contributed by atoms with Crippen LogP contribution in [-0.4, -0.2) is 47.4 Å². The van der Waals surface area contributed by atoms with E-state index in [0.717, 1.165) is 18.6 Å². The third kappa shape index (κ3) is 7.13. The molecule has 0 aliphatic carbocycles. The molecule has 1 aliphatic rings. The zero-order valence-corrected chi connectivity index (χ0v) is 20.6. The first-order valence-corrected chi connectivity index (χ1v) is 12.0. The van der Waals surface area contributed by atoms with E-state index in [0.29, 0.717) is 28.3 Å². The zero-order valence-electron chi connectivity index (χ0n) is 19.9. The summed E-state index contributed by atoms with van der Waals surface area (Å²) in [4.78, 5) is 37.5. The molecule has 8 nitrogen and oxygen atoms in total. The van der Waals surface area contributed by atoms with Crippen molar-refractivity contribution >= 4 is 40.8 Å². The average Bonchev–Trinajstić information content (AvgIpc) is 3.19. The average molecular weight is 500 g/mol.